The van der Waals surface area contributed by atoms with Crippen LogP contribution in [0, 0.1) is 0 Å². The summed E-state index contributed by atoms with van der Waals surface area (Å²) >= 11 is 0. The molecule has 8 nitrogen and oxygen atoms in total. The maximum Gasteiger partial charge on any atom is 0.330 e. The summed E-state index contributed by atoms with van der Waals surface area (Å²) < 4.78 is 32.7. The monoisotopic (exact) mass is 289 g/mol. The van der Waals surface area contributed by atoms with Crippen molar-refractivity contribution in [2.45, 2.75) is 38.8 Å². The summed E-state index contributed by atoms with van der Waals surface area (Å²) in [5.74, 6) is 0.419. The maximum atomic E-state index is 11.9. The van der Waals surface area contributed by atoms with Crippen LogP contribution in [0.4, 0.5) is 6.01 Å². The third kappa shape index (κ3) is 3.23. The van der Waals surface area contributed by atoms with Gasteiger partial charge in [-0.2, -0.15) is 12.7 Å². The van der Waals surface area contributed by atoms with Crippen LogP contribution in [-0.2, 0) is 10.2 Å². The van der Waals surface area contributed by atoms with E-state index in [4.69, 9.17) is 4.42 Å². The van der Waals surface area contributed by atoms with Crippen molar-refractivity contribution in [3.05, 3.63) is 5.89 Å². The highest BCUT2D eigenvalue weighted by molar-refractivity contribution is 7.90. The maximum absolute atomic E-state index is 11.9. The molecule has 19 heavy (non-hydrogen) atoms. The van der Waals surface area contributed by atoms with Crippen molar-refractivity contribution in [3.63, 3.8) is 0 Å². The molecule has 0 amide bonds. The van der Waals surface area contributed by atoms with Crippen molar-refractivity contribution in [2.75, 3.05) is 18.3 Å². The smallest absolute Gasteiger partial charge is 0.330 e. The van der Waals surface area contributed by atoms with Gasteiger partial charge in [0.25, 0.3) is 0 Å². The lowest BCUT2D eigenvalue weighted by Crippen LogP contribution is -2.37. The Hall–Kier alpha value is -1.19. The molecular formula is C10H19N5O3S. The quantitative estimate of drug-likeness (QED) is 0.818. The topological polar surface area (TPSA) is 100 Å². The fourth-order valence-electron chi connectivity index (χ4n) is 1.77. The van der Waals surface area contributed by atoms with E-state index in [9.17, 15) is 8.42 Å². The Balaban J connectivity index is 2.07. The average Bonchev–Trinajstić information content (AvgIpc) is 2.96. The standard InChI is InChI=1S/C10H19N5O3S/c1-7(2)15(3)19(16,17)14-10-13-12-9(18-10)8-5-4-6-11-8/h7-8,11H,4-6H2,1-3H3,(H,13,14). The molecule has 0 aromatic carbocycles. The summed E-state index contributed by atoms with van der Waals surface area (Å²) in [7, 11) is -2.17. The highest BCUT2D eigenvalue weighted by Gasteiger charge is 2.25. The summed E-state index contributed by atoms with van der Waals surface area (Å²) in [4.78, 5) is 0. The van der Waals surface area contributed by atoms with Crippen LogP contribution >= 0.6 is 0 Å². The molecule has 0 aliphatic carbocycles. The predicted molar refractivity (Wildman–Crippen MR) is 69.7 cm³/mol. The van der Waals surface area contributed by atoms with E-state index in [1.165, 1.54) is 11.4 Å². The number of aromatic nitrogens is 2. The molecule has 2 N–H and O–H groups in total. The lowest BCUT2D eigenvalue weighted by Gasteiger charge is -2.19. The molecule has 1 aliphatic heterocycles. The van der Waals surface area contributed by atoms with E-state index in [-0.39, 0.29) is 18.1 Å². The molecule has 0 bridgehead atoms. The molecule has 0 saturated carbocycles. The van der Waals surface area contributed by atoms with E-state index in [0.29, 0.717) is 5.89 Å². The summed E-state index contributed by atoms with van der Waals surface area (Å²) in [5.41, 5.74) is 0. The molecule has 1 aromatic rings. The van der Waals surface area contributed by atoms with E-state index in [2.05, 4.69) is 20.2 Å². The zero-order valence-electron chi connectivity index (χ0n) is 11.3. The molecular weight excluding hydrogens is 270 g/mol. The van der Waals surface area contributed by atoms with E-state index in [1.54, 1.807) is 13.8 Å². The molecule has 9 heteroatoms. The summed E-state index contributed by atoms with van der Waals surface area (Å²) in [6.07, 6.45) is 1.96. The molecule has 108 valence electrons. The Kier molecular flexibility index (Phi) is 4.07. The van der Waals surface area contributed by atoms with Gasteiger partial charge in [0.05, 0.1) is 6.04 Å². The van der Waals surface area contributed by atoms with Gasteiger partial charge in [0, 0.05) is 13.1 Å². The van der Waals surface area contributed by atoms with Gasteiger partial charge in [-0.25, -0.2) is 4.72 Å². The van der Waals surface area contributed by atoms with Crippen molar-refractivity contribution >= 4 is 16.2 Å². The molecule has 1 fully saturated rings. The van der Waals surface area contributed by atoms with Crippen LogP contribution in [0.1, 0.15) is 38.6 Å². The van der Waals surface area contributed by atoms with Gasteiger partial charge in [-0.15, -0.1) is 5.10 Å². The number of nitrogens with one attached hydrogen (secondary N) is 2. The SMILES string of the molecule is CC(C)N(C)S(=O)(=O)Nc1nnc(C2CCCN2)o1. The summed E-state index contributed by atoms with van der Waals surface area (Å²) in [6, 6.07) is -0.235. The zero-order valence-corrected chi connectivity index (χ0v) is 12.1. The van der Waals surface area contributed by atoms with Crippen molar-refractivity contribution < 1.29 is 12.8 Å². The van der Waals surface area contributed by atoms with E-state index < -0.39 is 10.2 Å². The highest BCUT2D eigenvalue weighted by atomic mass is 32.2. The Morgan fingerprint density at radius 3 is 2.79 bits per heavy atom. The number of anilines is 1. The molecule has 1 atom stereocenters. The van der Waals surface area contributed by atoms with Crippen LogP contribution in [0.15, 0.2) is 4.42 Å². The first-order valence-electron chi connectivity index (χ1n) is 6.22. The lowest BCUT2D eigenvalue weighted by molar-refractivity contribution is 0.410. The van der Waals surface area contributed by atoms with Gasteiger partial charge in [-0.1, -0.05) is 5.10 Å². The molecule has 2 heterocycles. The minimum atomic E-state index is -3.66. The molecule has 1 saturated heterocycles. The van der Waals surface area contributed by atoms with E-state index in [1.807, 2.05) is 0 Å². The normalized spacial score (nSPS) is 20.4. The molecule has 2 rings (SSSR count). The first-order chi connectivity index (χ1) is 8.90. The van der Waals surface area contributed by atoms with Crippen LogP contribution in [-0.4, -0.2) is 42.6 Å². The lowest BCUT2D eigenvalue weighted by atomic mass is 10.2. The third-order valence-electron chi connectivity index (χ3n) is 3.12. The Bertz CT molecular complexity index is 521. The van der Waals surface area contributed by atoms with Crippen LogP contribution in [0.5, 0.6) is 0 Å². The van der Waals surface area contributed by atoms with Crippen LogP contribution in [0.3, 0.4) is 0 Å². The average molecular weight is 289 g/mol. The summed E-state index contributed by atoms with van der Waals surface area (Å²) in [6.45, 7) is 4.46. The third-order valence-corrected chi connectivity index (χ3v) is 4.73. The largest absolute Gasteiger partial charge is 0.406 e. The fraction of sp³-hybridized carbons (Fsp3) is 0.800. The molecule has 0 radical (unpaired) electrons. The second kappa shape index (κ2) is 5.43. The first kappa shape index (κ1) is 14.2. The van der Waals surface area contributed by atoms with Gasteiger partial charge >= 0.3 is 16.2 Å². The highest BCUT2D eigenvalue weighted by Crippen LogP contribution is 2.23. The number of nitrogens with zero attached hydrogens (tertiary/aromatic N) is 3. The van der Waals surface area contributed by atoms with Gasteiger partial charge in [0.2, 0.25) is 5.89 Å². The zero-order chi connectivity index (χ0) is 14.0. The minimum Gasteiger partial charge on any atom is -0.406 e. The van der Waals surface area contributed by atoms with Crippen molar-refractivity contribution in [1.82, 2.24) is 19.8 Å². The van der Waals surface area contributed by atoms with Gasteiger partial charge < -0.3 is 9.73 Å². The molecule has 0 spiro atoms. The van der Waals surface area contributed by atoms with Crippen molar-refractivity contribution in [3.8, 4) is 0 Å². The number of hydrogen-bond acceptors (Lipinski definition) is 6. The number of hydrogen-bond donors (Lipinski definition) is 2. The Morgan fingerprint density at radius 1 is 1.47 bits per heavy atom. The second-order valence-electron chi connectivity index (χ2n) is 4.81. The van der Waals surface area contributed by atoms with E-state index in [0.717, 1.165) is 19.4 Å². The second-order valence-corrected chi connectivity index (χ2v) is 6.54. The van der Waals surface area contributed by atoms with Crippen LogP contribution < -0.4 is 10.0 Å². The fourth-order valence-corrected chi connectivity index (χ4v) is 2.77. The Labute approximate surface area is 112 Å². The number of rotatable bonds is 5. The van der Waals surface area contributed by atoms with Crippen LogP contribution in [0.2, 0.25) is 0 Å². The first-order valence-corrected chi connectivity index (χ1v) is 7.66. The minimum absolute atomic E-state index is 0.0218. The molecule has 1 unspecified atom stereocenters. The van der Waals surface area contributed by atoms with Gasteiger partial charge in [-0.3, -0.25) is 0 Å². The van der Waals surface area contributed by atoms with Gasteiger partial charge in [0.15, 0.2) is 0 Å². The molecule has 1 aliphatic rings. The Morgan fingerprint density at radius 2 is 2.21 bits per heavy atom. The predicted octanol–water partition coefficient (Wildman–Crippen LogP) is 0.491. The molecule has 1 aromatic heterocycles. The van der Waals surface area contributed by atoms with Crippen molar-refractivity contribution in [2.24, 2.45) is 0 Å². The van der Waals surface area contributed by atoms with Gasteiger partial charge in [-0.05, 0) is 33.2 Å². The van der Waals surface area contributed by atoms with Crippen molar-refractivity contribution in [1.29, 1.82) is 0 Å². The summed E-state index contributed by atoms with van der Waals surface area (Å²) in [5, 5.41) is 10.8. The van der Waals surface area contributed by atoms with E-state index >= 15 is 0 Å². The van der Waals surface area contributed by atoms with Crippen LogP contribution in [0.25, 0.3) is 0 Å². The van der Waals surface area contributed by atoms with Gasteiger partial charge in [0.1, 0.15) is 0 Å².